The largest absolute Gasteiger partial charge is 0.454 e. The summed E-state index contributed by atoms with van der Waals surface area (Å²) in [6, 6.07) is 116. The summed E-state index contributed by atoms with van der Waals surface area (Å²) in [5.74, 6) is 0. The molecule has 0 aliphatic heterocycles. The van der Waals surface area contributed by atoms with E-state index < -0.39 is 0 Å². The van der Waals surface area contributed by atoms with Crippen LogP contribution in [-0.4, -0.2) is 0 Å². The first-order valence-corrected chi connectivity index (χ1v) is 44.9. The molecule has 8 nitrogen and oxygen atoms in total. The number of hydrogen-bond donors (Lipinski definition) is 0. The van der Waals surface area contributed by atoms with Gasteiger partial charge in [0.2, 0.25) is 22.8 Å². The minimum atomic E-state index is 0.954. The second kappa shape index (κ2) is 33.0. The number of hydrogen-bond acceptors (Lipinski definition) is 4. The molecule has 628 valence electrons. The third-order valence-corrected chi connectivity index (χ3v) is 26.8. The number of benzene rings is 16. The molecular weight excluding hydrogens is 1590 g/mol. The highest BCUT2D eigenvalue weighted by molar-refractivity contribution is 6.22. The molecule has 0 saturated heterocycles. The molecule has 0 radical (unpaired) electrons. The number of pyridine rings is 4. The fraction of sp³-hybridized carbons (Fsp3) is 0.115. The summed E-state index contributed by atoms with van der Waals surface area (Å²) in [4.78, 5) is 0. The van der Waals surface area contributed by atoms with Crippen LogP contribution in [-0.2, 0) is 28.2 Å². The summed E-state index contributed by atoms with van der Waals surface area (Å²) in [6.07, 6.45) is 8.80. The van der Waals surface area contributed by atoms with E-state index in [0.29, 0.717) is 0 Å². The van der Waals surface area contributed by atoms with Gasteiger partial charge >= 0.3 is 0 Å². The Labute approximate surface area is 756 Å². The summed E-state index contributed by atoms with van der Waals surface area (Å²) >= 11 is 0. The van der Waals surface area contributed by atoms with Crippen molar-refractivity contribution in [3.8, 4) is 89.5 Å². The number of aromatic nitrogens is 4. The lowest BCUT2D eigenvalue weighted by molar-refractivity contribution is -0.660. The molecule has 0 amide bonds. The average molecular weight is 1690 g/mol. The van der Waals surface area contributed by atoms with Gasteiger partial charge in [-0.1, -0.05) is 273 Å². The Morgan fingerprint density at radius 1 is 0.177 bits per heavy atom. The van der Waals surface area contributed by atoms with E-state index in [-0.39, 0.29) is 0 Å². The van der Waals surface area contributed by atoms with Crippen molar-refractivity contribution in [3.63, 3.8) is 0 Å². The van der Waals surface area contributed by atoms with Crippen LogP contribution >= 0.6 is 0 Å². The quantitative estimate of drug-likeness (QED) is 0.142. The van der Waals surface area contributed by atoms with E-state index in [0.717, 1.165) is 117 Å². The maximum Gasteiger partial charge on any atom is 0.216 e. The predicted octanol–water partition coefficient (Wildman–Crippen LogP) is 30.7. The SMILES string of the molecule is Cc1c[n+](C)c(-c2c(C)cc(C)c3c2oc2c4ccccc4ccc23)cc1-c1ccccc1.Cc1c[n+](C)c(-c2c(C)ccc3c2oc2c4ccccc4c(C)cc32)cc1-c1ccccc1.Cc1c[n+](C)c(-c2c(C)ccc3c2oc2c4ccccc4ccc32)cc1-c1ccccc1.Cc1cc(C)c2c(oc3c4ccccc4ccc32)c1-c1cc(-c2ccccc2)cc[n+]1C. The van der Waals surface area contributed by atoms with Gasteiger partial charge in [0.15, 0.2) is 24.8 Å². The molecular formula is C122H100N4O4+4. The van der Waals surface area contributed by atoms with Crippen LogP contribution in [0.2, 0.25) is 0 Å². The van der Waals surface area contributed by atoms with Gasteiger partial charge in [0.1, 0.15) is 72.9 Å². The van der Waals surface area contributed by atoms with Crippen molar-refractivity contribution in [1.29, 1.82) is 0 Å². The third-order valence-electron chi connectivity index (χ3n) is 26.8. The molecule has 8 heteroatoms. The zero-order chi connectivity index (χ0) is 89.0. The van der Waals surface area contributed by atoms with Crippen molar-refractivity contribution >= 4 is 131 Å². The number of fused-ring (bicyclic) bond motifs is 20. The fourth-order valence-corrected chi connectivity index (χ4v) is 20.5. The minimum Gasteiger partial charge on any atom is -0.454 e. The van der Waals surface area contributed by atoms with Crippen LogP contribution in [0.25, 0.3) is 220 Å². The van der Waals surface area contributed by atoms with Crippen LogP contribution in [0.1, 0.15) is 55.6 Å². The Morgan fingerprint density at radius 3 is 0.892 bits per heavy atom. The Balaban J connectivity index is 0.000000105. The van der Waals surface area contributed by atoms with Gasteiger partial charge in [-0.2, -0.15) is 0 Å². The molecule has 24 rings (SSSR count). The number of nitrogens with zero attached hydrogens (tertiary/aromatic N) is 4. The highest BCUT2D eigenvalue weighted by Crippen LogP contribution is 2.48. The average Bonchev–Trinajstić information content (AvgIpc) is 1.60. The summed E-state index contributed by atoms with van der Waals surface area (Å²) < 4.78 is 35.6. The number of rotatable bonds is 8. The van der Waals surface area contributed by atoms with Gasteiger partial charge in [0.05, 0.1) is 22.3 Å². The monoisotopic (exact) mass is 1680 g/mol. The lowest BCUT2D eigenvalue weighted by atomic mass is 9.94. The van der Waals surface area contributed by atoms with Crippen LogP contribution in [0.5, 0.6) is 0 Å². The van der Waals surface area contributed by atoms with Crippen LogP contribution in [0.4, 0.5) is 0 Å². The zero-order valence-corrected chi connectivity index (χ0v) is 75.9. The molecule has 16 aromatic carbocycles. The Bertz CT molecular complexity index is 8690. The van der Waals surface area contributed by atoms with Gasteiger partial charge in [0.25, 0.3) is 0 Å². The first kappa shape index (κ1) is 81.4. The molecule has 8 heterocycles. The van der Waals surface area contributed by atoms with Crippen LogP contribution in [0.3, 0.4) is 0 Å². The molecule has 0 N–H and O–H groups in total. The van der Waals surface area contributed by atoms with E-state index >= 15 is 0 Å². The predicted molar refractivity (Wildman–Crippen MR) is 540 cm³/mol. The summed E-state index contributed by atoms with van der Waals surface area (Å²) in [5.41, 5.74) is 39.2. The second-order valence-corrected chi connectivity index (χ2v) is 35.4. The molecule has 0 fully saturated rings. The van der Waals surface area contributed by atoms with Crippen LogP contribution in [0.15, 0.2) is 370 Å². The number of furan rings is 4. The zero-order valence-electron chi connectivity index (χ0n) is 75.9. The van der Waals surface area contributed by atoms with E-state index in [1.54, 1.807) is 0 Å². The van der Waals surface area contributed by atoms with Gasteiger partial charge in [-0.05, 0) is 198 Å². The van der Waals surface area contributed by atoms with Crippen molar-refractivity contribution in [1.82, 2.24) is 0 Å². The number of aryl methyl sites for hydroxylation is 14. The van der Waals surface area contributed by atoms with Crippen LogP contribution < -0.4 is 18.3 Å². The highest BCUT2D eigenvalue weighted by Gasteiger charge is 2.30. The van der Waals surface area contributed by atoms with Gasteiger partial charge < -0.3 is 17.7 Å². The van der Waals surface area contributed by atoms with Crippen molar-refractivity contribution in [2.45, 2.75) is 69.2 Å². The molecule has 8 aromatic heterocycles. The normalized spacial score (nSPS) is 11.6. The Morgan fingerprint density at radius 2 is 0.477 bits per heavy atom. The minimum absolute atomic E-state index is 0.954. The van der Waals surface area contributed by atoms with Crippen molar-refractivity contribution < 1.29 is 35.9 Å². The molecule has 0 aliphatic rings. The van der Waals surface area contributed by atoms with E-state index in [2.05, 4.69) is 468 Å². The topological polar surface area (TPSA) is 68.1 Å². The van der Waals surface area contributed by atoms with E-state index in [4.69, 9.17) is 17.7 Å². The lowest BCUT2D eigenvalue weighted by Crippen LogP contribution is -2.31. The maximum absolute atomic E-state index is 6.73. The standard InChI is InChI=1S/2C31H26NO.2C30H24NO/c1-19-16-20(2)29(27-17-26(21(3)18-32(27)4)22-10-6-5-7-11-22)31-28(19)25-15-14-23-12-8-9-13-24(23)30(25)33-31;1-19-14-15-25-27-16-20(2)23-12-8-9-13-24(23)30(27)33-31(25)29(19)28-17-26(21(3)18-32(28)4)22-10-6-5-7-11-22;1-19-13-15-25-24-16-14-22-11-7-8-12-23(22)29(24)32-30(25)28(19)27-17-26(20(2)18-31(27)3)21-9-5-4-6-10-21;1-19-17-20(2)28(26-18-23(15-16-31(26)3)21-9-5-4-6-10-21)30-27(19)25-14-13-22-11-7-8-12-24(22)29(25)32-30/h2*5-18H,1-4H3;2*4-18H,1-3H3/q4*+1. The molecule has 0 bridgehead atoms. The van der Waals surface area contributed by atoms with Crippen LogP contribution in [0, 0.1) is 69.2 Å². The highest BCUT2D eigenvalue weighted by atomic mass is 16.3. The van der Waals surface area contributed by atoms with E-state index in [9.17, 15) is 0 Å². The lowest BCUT2D eigenvalue weighted by Gasteiger charge is -2.11. The van der Waals surface area contributed by atoms with Gasteiger partial charge in [0, 0.05) is 112 Å². The molecule has 0 unspecified atom stereocenters. The molecule has 130 heavy (non-hydrogen) atoms. The van der Waals surface area contributed by atoms with Crippen molar-refractivity contribution in [2.75, 3.05) is 0 Å². The van der Waals surface area contributed by atoms with Crippen molar-refractivity contribution in [2.24, 2.45) is 28.2 Å². The van der Waals surface area contributed by atoms with Crippen molar-refractivity contribution in [3.05, 3.63) is 408 Å². The smallest absolute Gasteiger partial charge is 0.216 e. The first-order chi connectivity index (χ1) is 63.3. The summed E-state index contributed by atoms with van der Waals surface area (Å²) in [7, 11) is 8.47. The van der Waals surface area contributed by atoms with E-state index in [1.165, 1.54) is 159 Å². The van der Waals surface area contributed by atoms with Gasteiger partial charge in [-0.15, -0.1) is 0 Å². The molecule has 0 aliphatic carbocycles. The molecule has 0 spiro atoms. The second-order valence-electron chi connectivity index (χ2n) is 35.4. The Kier molecular flexibility index (Phi) is 20.6. The Hall–Kier alpha value is -15.6. The molecule has 0 atom stereocenters. The van der Waals surface area contributed by atoms with E-state index in [1.807, 2.05) is 0 Å². The van der Waals surface area contributed by atoms with Gasteiger partial charge in [-0.3, -0.25) is 0 Å². The van der Waals surface area contributed by atoms with Gasteiger partial charge in [-0.25, -0.2) is 18.3 Å². The molecule has 0 saturated carbocycles. The first-order valence-electron chi connectivity index (χ1n) is 44.9. The fourth-order valence-electron chi connectivity index (χ4n) is 20.5. The molecule has 24 aromatic rings. The summed E-state index contributed by atoms with van der Waals surface area (Å²) in [6.45, 7) is 21.8. The maximum atomic E-state index is 6.73. The third kappa shape index (κ3) is 14.1. The summed E-state index contributed by atoms with van der Waals surface area (Å²) in [5, 5.41) is 18.9.